The maximum absolute atomic E-state index is 14.5. The van der Waals surface area contributed by atoms with E-state index in [0.717, 1.165) is 29.5 Å². The number of unbranched alkanes of at least 4 members (excludes halogenated alkanes) is 1. The Bertz CT molecular complexity index is 2310. The van der Waals surface area contributed by atoms with Crippen LogP contribution in [-0.4, -0.2) is 144 Å². The number of halogens is 7. The number of benzene rings is 1. The van der Waals surface area contributed by atoms with Crippen LogP contribution in [0.5, 0.6) is 0 Å². The predicted octanol–water partition coefficient (Wildman–Crippen LogP) is 3.74. The highest BCUT2D eigenvalue weighted by atomic mass is 127. The molecule has 1 saturated carbocycles. The number of thioether (sulfide) groups is 1. The van der Waals surface area contributed by atoms with Gasteiger partial charge in [0.25, 0.3) is 0 Å². The predicted molar refractivity (Wildman–Crippen MR) is 254 cm³/mol. The third-order valence-corrected chi connectivity index (χ3v) is 14.9. The average molecular weight is 1160 g/mol. The highest BCUT2D eigenvalue weighted by Gasteiger charge is 2.47. The first kappa shape index (κ1) is 56.5. The van der Waals surface area contributed by atoms with Crippen molar-refractivity contribution in [2.24, 2.45) is 11.8 Å². The summed E-state index contributed by atoms with van der Waals surface area (Å²) in [5.41, 5.74) is -5.94. The number of rotatable bonds is 23. The number of aliphatic hydroxyl groups excluding tert-OH is 2. The largest absolute Gasteiger partial charge is 0.481 e. The highest BCUT2D eigenvalue weighted by Crippen LogP contribution is 2.43. The van der Waals surface area contributed by atoms with Gasteiger partial charge in [0, 0.05) is 60.9 Å². The Labute approximate surface area is 426 Å². The van der Waals surface area contributed by atoms with Crippen LogP contribution in [0.2, 0.25) is 0 Å². The van der Waals surface area contributed by atoms with Gasteiger partial charge in [-0.25, -0.2) is 9.48 Å². The number of ketones is 1. The van der Waals surface area contributed by atoms with Gasteiger partial charge in [0.2, 0.25) is 17.7 Å². The van der Waals surface area contributed by atoms with Crippen molar-refractivity contribution >= 4 is 75.9 Å². The molecule has 72 heavy (non-hydrogen) atoms. The summed E-state index contributed by atoms with van der Waals surface area (Å²) in [7, 11) is 0. The second-order valence-electron chi connectivity index (χ2n) is 17.7. The maximum atomic E-state index is 14.5. The van der Waals surface area contributed by atoms with Crippen molar-refractivity contribution in [2.75, 3.05) is 29.9 Å². The van der Waals surface area contributed by atoms with Crippen LogP contribution in [0, 0.1) is 11.8 Å². The molecule has 10 atom stereocenters. The SMILES string of the molecule is O=C(O)C[C@H]1CCC(=O)[C@@H]1C/C=C\CCO[C@@H]1O[C@H](Cn2cc(-c3cc(C(F)(F)F)c(/C=C/C(=O)NCCNC(=O)CCCC[C@@H]4SC[C@@H]5NC(=O)N[C@@H]54)c(C(F)(F)F)c3)nn2)[C@H](O)[C@H](O)[C@H]1NC(=O)CI. The first-order chi connectivity index (χ1) is 34.1. The minimum atomic E-state index is -5.36. The highest BCUT2D eigenvalue weighted by molar-refractivity contribution is 14.1. The molecule has 0 bridgehead atoms. The minimum Gasteiger partial charge on any atom is -0.481 e. The van der Waals surface area contributed by atoms with Crippen LogP contribution in [0.15, 0.2) is 36.6 Å². The standard InChI is InChI=1S/C45H55F6IN8O11S/c46-44(47,48)27-16-24(17-28(45(49,50)51)26(27)10-12-35(63)54-14-13-53-34(62)8-4-3-7-33-38-30(22-72-33)55-43(69)57-38)29-20-60(59-58-29)21-32-40(67)41(68)39(56-36(64)19-52)42(71-32)70-15-5-1-2-6-25-23(18-37(65)66)9-11-31(25)61/h1-2,10,12,16-17,20,23,25,30,32-33,38-42,67-68H,3-9,11,13-15,18-19,21-22H2,(H,53,62)(H,54,63)(H,56,64)(H,65,66)(H2,55,57,69)/b2-1-,12-10+/t23-,25-,30+,32-,33+,38+,39-,40+,41-,42-/m1/s1. The van der Waals surface area contributed by atoms with Gasteiger partial charge in [-0.3, -0.25) is 24.0 Å². The fourth-order valence-electron chi connectivity index (χ4n) is 9.11. The van der Waals surface area contributed by atoms with Crippen molar-refractivity contribution < 1.29 is 79.9 Å². The fraction of sp³-hybridized carbons (Fsp3) is 0.600. The number of urea groups is 1. The lowest BCUT2D eigenvalue weighted by Gasteiger charge is -2.42. The summed E-state index contributed by atoms with van der Waals surface area (Å²) >= 11 is 3.53. The molecule has 0 unspecified atom stereocenters. The number of aromatic nitrogens is 3. The van der Waals surface area contributed by atoms with Gasteiger partial charge in [-0.1, -0.05) is 46.4 Å². The fourth-order valence-corrected chi connectivity index (χ4v) is 10.9. The van der Waals surface area contributed by atoms with Crippen molar-refractivity contribution in [3.63, 3.8) is 0 Å². The van der Waals surface area contributed by atoms with Gasteiger partial charge in [0.05, 0.1) is 47.0 Å². The Morgan fingerprint density at radius 1 is 0.986 bits per heavy atom. The second-order valence-corrected chi connectivity index (χ2v) is 19.8. The van der Waals surface area contributed by atoms with E-state index in [9.17, 15) is 70.4 Å². The van der Waals surface area contributed by atoms with Gasteiger partial charge in [0.15, 0.2) is 6.29 Å². The number of allylic oxidation sites excluding steroid dienone is 1. The van der Waals surface area contributed by atoms with E-state index >= 15 is 0 Å². The molecule has 1 aromatic carbocycles. The summed E-state index contributed by atoms with van der Waals surface area (Å²) in [6.45, 7) is -0.741. The van der Waals surface area contributed by atoms with E-state index in [1.807, 2.05) is 0 Å². The van der Waals surface area contributed by atoms with E-state index in [0.29, 0.717) is 50.0 Å². The molecule has 3 aliphatic heterocycles. The molecule has 8 N–H and O–H groups in total. The zero-order valence-electron chi connectivity index (χ0n) is 38.4. The lowest BCUT2D eigenvalue weighted by atomic mass is 9.89. The molecule has 4 fully saturated rings. The Morgan fingerprint density at radius 3 is 2.40 bits per heavy atom. The quantitative estimate of drug-likeness (QED) is 0.0150. The topological polar surface area (TPSA) is 272 Å². The number of carbonyl (C=O) groups is 6. The summed E-state index contributed by atoms with van der Waals surface area (Å²) in [5.74, 6) is -2.77. The number of nitrogens with one attached hydrogen (secondary N) is 5. The number of hydrogen-bond acceptors (Lipinski definition) is 13. The summed E-state index contributed by atoms with van der Waals surface area (Å²) in [4.78, 5) is 72.3. The van der Waals surface area contributed by atoms with E-state index in [2.05, 4.69) is 36.9 Å². The zero-order chi connectivity index (χ0) is 52.3. The van der Waals surface area contributed by atoms with Crippen molar-refractivity contribution in [1.82, 2.24) is 41.6 Å². The molecule has 1 aromatic heterocycles. The summed E-state index contributed by atoms with van der Waals surface area (Å²) in [6, 6.07) is -0.513. The number of Topliss-reactive ketones (excluding diaryl/α,β-unsaturated/α-hetero) is 1. The number of amides is 5. The number of fused-ring (bicyclic) bond motifs is 1. The second kappa shape index (κ2) is 25.4. The summed E-state index contributed by atoms with van der Waals surface area (Å²) in [5, 5.41) is 52.4. The van der Waals surface area contributed by atoms with Crippen LogP contribution >= 0.6 is 34.4 Å². The number of hydrogen-bond donors (Lipinski definition) is 8. The van der Waals surface area contributed by atoms with Gasteiger partial charge in [-0.2, -0.15) is 38.1 Å². The van der Waals surface area contributed by atoms with Gasteiger partial charge < -0.3 is 51.4 Å². The van der Waals surface area contributed by atoms with Gasteiger partial charge >= 0.3 is 24.4 Å². The molecule has 5 amide bonds. The molecule has 27 heteroatoms. The molecule has 2 aromatic rings. The lowest BCUT2D eigenvalue weighted by molar-refractivity contribution is -0.266. The molecular formula is C45H55F6IN8O11S. The first-order valence-corrected chi connectivity index (χ1v) is 25.7. The Balaban J connectivity index is 1.05. The van der Waals surface area contributed by atoms with Gasteiger partial charge in [-0.05, 0) is 61.8 Å². The van der Waals surface area contributed by atoms with Crippen LogP contribution in [0.1, 0.15) is 74.5 Å². The number of carbonyl (C=O) groups excluding carboxylic acids is 5. The molecule has 0 spiro atoms. The lowest BCUT2D eigenvalue weighted by Crippen LogP contribution is -2.64. The first-order valence-electron chi connectivity index (χ1n) is 23.1. The van der Waals surface area contributed by atoms with Crippen molar-refractivity contribution in [2.45, 2.75) is 125 Å². The van der Waals surface area contributed by atoms with Crippen molar-refractivity contribution in [3.8, 4) is 11.3 Å². The smallest absolute Gasteiger partial charge is 0.417 e. The van der Waals surface area contributed by atoms with Crippen LogP contribution in [0.25, 0.3) is 17.3 Å². The molecule has 4 heterocycles. The van der Waals surface area contributed by atoms with E-state index in [4.69, 9.17) is 9.47 Å². The molecule has 1 aliphatic carbocycles. The summed E-state index contributed by atoms with van der Waals surface area (Å²) < 4.78 is 99.8. The third-order valence-electron chi connectivity index (χ3n) is 12.7. The Hall–Kier alpha value is -4.84. The van der Waals surface area contributed by atoms with E-state index < -0.39 is 101 Å². The van der Waals surface area contributed by atoms with Gasteiger partial charge in [-0.15, -0.1) is 5.10 Å². The molecule has 19 nitrogen and oxygen atoms in total. The maximum Gasteiger partial charge on any atom is 0.417 e. The van der Waals surface area contributed by atoms with E-state index in [-0.39, 0.29) is 84.4 Å². The number of alkyl halides is 7. The number of nitrogens with zero attached hydrogens (tertiary/aromatic N) is 3. The molecule has 6 rings (SSSR count). The third kappa shape index (κ3) is 15.4. The van der Waals surface area contributed by atoms with Crippen molar-refractivity contribution in [3.05, 3.63) is 53.2 Å². The molecule has 396 valence electrons. The minimum absolute atomic E-state index is 0.0138. The van der Waals surface area contributed by atoms with Crippen LogP contribution < -0.4 is 26.6 Å². The monoisotopic (exact) mass is 1160 g/mol. The number of ether oxygens (including phenoxy) is 2. The van der Waals surface area contributed by atoms with Gasteiger partial charge in [0.1, 0.15) is 35.8 Å². The van der Waals surface area contributed by atoms with Crippen molar-refractivity contribution in [1.29, 1.82) is 0 Å². The number of aliphatic hydroxyl groups is 2. The number of carboxylic acid groups (broad SMARTS) is 1. The summed E-state index contributed by atoms with van der Waals surface area (Å²) in [6.07, 6.45) is -7.99. The Kier molecular flexibility index (Phi) is 19.9. The van der Waals surface area contributed by atoms with Crippen LogP contribution in [0.4, 0.5) is 31.1 Å². The van der Waals surface area contributed by atoms with Crippen LogP contribution in [-0.2, 0) is 52.3 Å². The molecule has 0 radical (unpaired) electrons. The van der Waals surface area contributed by atoms with E-state index in [1.165, 1.54) is 0 Å². The average Bonchev–Trinajstić information content (AvgIpc) is 4.11. The Morgan fingerprint density at radius 2 is 1.71 bits per heavy atom. The molecular weight excluding hydrogens is 1100 g/mol. The zero-order valence-corrected chi connectivity index (χ0v) is 41.4. The normalized spacial score (nSPS) is 26.5. The number of aliphatic carboxylic acids is 1. The molecule has 4 aliphatic rings. The molecule has 3 saturated heterocycles. The van der Waals surface area contributed by atoms with E-state index in [1.54, 1.807) is 46.5 Å². The number of carboxylic acids is 1. The van der Waals surface area contributed by atoms with Crippen LogP contribution in [0.3, 0.4) is 0 Å².